The van der Waals surface area contributed by atoms with Crippen LogP contribution in [0.1, 0.15) is 32.3 Å². The van der Waals surface area contributed by atoms with Gasteiger partial charge < -0.3 is 15.8 Å². The van der Waals surface area contributed by atoms with Crippen LogP contribution in [0.25, 0.3) is 0 Å². The SMILES string of the molecule is CCCCc1ccc(Nc2ncnc(OCC)c2N)cc1. The van der Waals surface area contributed by atoms with Crippen molar-refractivity contribution in [1.29, 1.82) is 0 Å². The van der Waals surface area contributed by atoms with Crippen LogP contribution in [0, 0.1) is 0 Å². The predicted octanol–water partition coefficient (Wildman–Crippen LogP) is 3.54. The number of anilines is 3. The first-order chi connectivity index (χ1) is 10.2. The molecule has 21 heavy (non-hydrogen) atoms. The molecule has 1 aromatic carbocycles. The second kappa shape index (κ2) is 7.47. The monoisotopic (exact) mass is 286 g/mol. The van der Waals surface area contributed by atoms with Crippen LogP contribution in [0.5, 0.6) is 5.88 Å². The molecule has 0 saturated carbocycles. The van der Waals surface area contributed by atoms with E-state index in [1.165, 1.54) is 24.7 Å². The van der Waals surface area contributed by atoms with E-state index in [2.05, 4.69) is 34.3 Å². The average molecular weight is 286 g/mol. The van der Waals surface area contributed by atoms with Gasteiger partial charge in [-0.15, -0.1) is 0 Å². The highest BCUT2D eigenvalue weighted by atomic mass is 16.5. The molecule has 0 aliphatic carbocycles. The van der Waals surface area contributed by atoms with Crippen molar-refractivity contribution in [3.63, 3.8) is 0 Å². The lowest BCUT2D eigenvalue weighted by Crippen LogP contribution is -2.05. The molecule has 0 saturated heterocycles. The number of aryl methyl sites for hydroxylation is 1. The van der Waals surface area contributed by atoms with E-state index in [1.807, 2.05) is 19.1 Å². The van der Waals surface area contributed by atoms with E-state index < -0.39 is 0 Å². The molecule has 0 aliphatic heterocycles. The number of benzene rings is 1. The Bertz CT molecular complexity index is 569. The molecule has 3 N–H and O–H groups in total. The van der Waals surface area contributed by atoms with Crippen molar-refractivity contribution in [3.05, 3.63) is 36.2 Å². The van der Waals surface area contributed by atoms with Gasteiger partial charge in [0, 0.05) is 5.69 Å². The van der Waals surface area contributed by atoms with Crippen LogP contribution in [0.3, 0.4) is 0 Å². The summed E-state index contributed by atoms with van der Waals surface area (Å²) < 4.78 is 5.36. The largest absolute Gasteiger partial charge is 0.476 e. The second-order valence-corrected chi connectivity index (χ2v) is 4.80. The molecule has 5 heteroatoms. The third kappa shape index (κ3) is 4.08. The predicted molar refractivity (Wildman–Crippen MR) is 86.0 cm³/mol. The van der Waals surface area contributed by atoms with Crippen molar-refractivity contribution >= 4 is 17.2 Å². The third-order valence-electron chi connectivity index (χ3n) is 3.16. The molecule has 112 valence electrons. The molecular formula is C16H22N4O. The maximum Gasteiger partial charge on any atom is 0.242 e. The minimum Gasteiger partial charge on any atom is -0.476 e. The molecule has 0 spiro atoms. The molecule has 1 aromatic heterocycles. The Morgan fingerprint density at radius 2 is 1.90 bits per heavy atom. The fraction of sp³-hybridized carbons (Fsp3) is 0.375. The minimum absolute atomic E-state index is 0.412. The topological polar surface area (TPSA) is 73.1 Å². The summed E-state index contributed by atoms with van der Waals surface area (Å²) in [5.41, 5.74) is 8.71. The second-order valence-electron chi connectivity index (χ2n) is 4.80. The molecule has 0 bridgehead atoms. The van der Waals surface area contributed by atoms with Gasteiger partial charge in [0.2, 0.25) is 5.88 Å². The van der Waals surface area contributed by atoms with E-state index >= 15 is 0 Å². The van der Waals surface area contributed by atoms with Gasteiger partial charge in [0.15, 0.2) is 5.82 Å². The van der Waals surface area contributed by atoms with Crippen molar-refractivity contribution < 1.29 is 4.74 Å². The number of nitrogens with one attached hydrogen (secondary N) is 1. The van der Waals surface area contributed by atoms with E-state index in [-0.39, 0.29) is 0 Å². The lowest BCUT2D eigenvalue weighted by Gasteiger charge is -2.11. The third-order valence-corrected chi connectivity index (χ3v) is 3.16. The first-order valence-electron chi connectivity index (χ1n) is 7.33. The number of unbranched alkanes of at least 4 members (excludes halogenated alkanes) is 1. The lowest BCUT2D eigenvalue weighted by atomic mass is 10.1. The number of ether oxygens (including phenoxy) is 1. The summed E-state index contributed by atoms with van der Waals surface area (Å²) in [5.74, 6) is 0.976. The molecule has 0 fully saturated rings. The summed E-state index contributed by atoms with van der Waals surface area (Å²) >= 11 is 0. The Morgan fingerprint density at radius 1 is 1.14 bits per heavy atom. The maximum atomic E-state index is 6.00. The van der Waals surface area contributed by atoms with E-state index in [9.17, 15) is 0 Å². The minimum atomic E-state index is 0.412. The summed E-state index contributed by atoms with van der Waals surface area (Å²) in [7, 11) is 0. The van der Waals surface area contributed by atoms with E-state index in [4.69, 9.17) is 10.5 Å². The van der Waals surface area contributed by atoms with Crippen LogP contribution in [-0.4, -0.2) is 16.6 Å². The number of hydrogen-bond donors (Lipinski definition) is 2. The Labute approximate surface area is 125 Å². The van der Waals surface area contributed by atoms with E-state index in [1.54, 1.807) is 0 Å². The molecule has 2 aromatic rings. The molecular weight excluding hydrogens is 264 g/mol. The molecule has 0 radical (unpaired) electrons. The van der Waals surface area contributed by atoms with Crippen LogP contribution in [0.2, 0.25) is 0 Å². The first kappa shape index (κ1) is 15.1. The number of nitrogen functional groups attached to an aromatic ring is 1. The fourth-order valence-electron chi connectivity index (χ4n) is 2.00. The molecule has 1 heterocycles. The van der Waals surface area contributed by atoms with Gasteiger partial charge in [0.1, 0.15) is 12.0 Å². The van der Waals surface area contributed by atoms with Crippen LogP contribution in [-0.2, 0) is 6.42 Å². The van der Waals surface area contributed by atoms with Gasteiger partial charge in [0.25, 0.3) is 0 Å². The smallest absolute Gasteiger partial charge is 0.242 e. The summed E-state index contributed by atoms with van der Waals surface area (Å²) in [6.45, 7) is 4.61. The highest BCUT2D eigenvalue weighted by molar-refractivity contribution is 5.72. The van der Waals surface area contributed by atoms with Crippen LogP contribution >= 0.6 is 0 Å². The lowest BCUT2D eigenvalue weighted by molar-refractivity contribution is 0.328. The normalized spacial score (nSPS) is 10.4. The molecule has 0 aliphatic rings. The fourth-order valence-corrected chi connectivity index (χ4v) is 2.00. The zero-order chi connectivity index (χ0) is 15.1. The zero-order valence-electron chi connectivity index (χ0n) is 12.6. The van der Waals surface area contributed by atoms with Gasteiger partial charge in [0.05, 0.1) is 6.61 Å². The van der Waals surface area contributed by atoms with Gasteiger partial charge in [-0.3, -0.25) is 0 Å². The summed E-state index contributed by atoms with van der Waals surface area (Å²) in [6, 6.07) is 8.32. The van der Waals surface area contributed by atoms with Crippen molar-refractivity contribution in [2.75, 3.05) is 17.7 Å². The molecule has 0 atom stereocenters. The quantitative estimate of drug-likeness (QED) is 0.814. The van der Waals surface area contributed by atoms with Gasteiger partial charge >= 0.3 is 0 Å². The molecule has 0 amide bonds. The van der Waals surface area contributed by atoms with Crippen LogP contribution in [0.4, 0.5) is 17.2 Å². The van der Waals surface area contributed by atoms with Crippen LogP contribution in [0.15, 0.2) is 30.6 Å². The van der Waals surface area contributed by atoms with Crippen LogP contribution < -0.4 is 15.8 Å². The number of aromatic nitrogens is 2. The number of nitrogens with two attached hydrogens (primary N) is 1. The van der Waals surface area contributed by atoms with Gasteiger partial charge in [-0.25, -0.2) is 4.98 Å². The summed E-state index contributed by atoms with van der Waals surface area (Å²) in [5, 5.41) is 3.20. The highest BCUT2D eigenvalue weighted by Gasteiger charge is 2.08. The average Bonchev–Trinajstić information content (AvgIpc) is 2.51. The first-order valence-corrected chi connectivity index (χ1v) is 7.33. The molecule has 5 nitrogen and oxygen atoms in total. The van der Waals surface area contributed by atoms with Gasteiger partial charge in [-0.2, -0.15) is 4.98 Å². The number of hydrogen-bond acceptors (Lipinski definition) is 5. The number of rotatable bonds is 7. The zero-order valence-corrected chi connectivity index (χ0v) is 12.6. The summed E-state index contributed by atoms with van der Waals surface area (Å²) in [6.07, 6.45) is 4.97. The Morgan fingerprint density at radius 3 is 2.57 bits per heavy atom. The molecule has 0 unspecified atom stereocenters. The Balaban J connectivity index is 2.09. The maximum absolute atomic E-state index is 6.00. The van der Waals surface area contributed by atoms with Gasteiger partial charge in [-0.05, 0) is 37.5 Å². The van der Waals surface area contributed by atoms with Crippen molar-refractivity contribution in [2.24, 2.45) is 0 Å². The van der Waals surface area contributed by atoms with Crippen molar-refractivity contribution in [3.8, 4) is 5.88 Å². The van der Waals surface area contributed by atoms with E-state index in [0.29, 0.717) is 24.0 Å². The van der Waals surface area contributed by atoms with E-state index in [0.717, 1.165) is 12.1 Å². The van der Waals surface area contributed by atoms with Crippen molar-refractivity contribution in [1.82, 2.24) is 9.97 Å². The Hall–Kier alpha value is -2.30. The van der Waals surface area contributed by atoms with Crippen molar-refractivity contribution in [2.45, 2.75) is 33.1 Å². The standard InChI is InChI=1S/C16H22N4O/c1-3-5-6-12-7-9-13(10-8-12)20-15-14(17)16(21-4-2)19-11-18-15/h7-11H,3-6,17H2,1-2H3,(H,18,19,20). The Kier molecular flexibility index (Phi) is 5.37. The number of nitrogens with zero attached hydrogens (tertiary/aromatic N) is 2. The van der Waals surface area contributed by atoms with Gasteiger partial charge in [-0.1, -0.05) is 25.5 Å². The summed E-state index contributed by atoms with van der Waals surface area (Å²) in [4.78, 5) is 8.18. The molecule has 2 rings (SSSR count). The highest BCUT2D eigenvalue weighted by Crippen LogP contribution is 2.27.